The molecule has 0 aliphatic carbocycles. The van der Waals surface area contributed by atoms with E-state index in [1.165, 1.54) is 40.6 Å². The SMILES string of the molecule is C=C(CC(=O)OC)C(=O)OC.COC(=O)CC(=Cc1cc(C(=O)OC(C)(C)C)ccc1CNC(=O)OC(C)(C)C)C(=O)OC. The predicted octanol–water partition coefficient (Wildman–Crippen LogP) is 4.06. The van der Waals surface area contributed by atoms with E-state index in [0.717, 1.165) is 0 Å². The molecule has 0 aliphatic heterocycles. The van der Waals surface area contributed by atoms with Crippen molar-refractivity contribution < 1.29 is 57.2 Å². The predicted molar refractivity (Wildman–Crippen MR) is 159 cm³/mol. The van der Waals surface area contributed by atoms with Crippen LogP contribution >= 0.6 is 0 Å². The lowest BCUT2D eigenvalue weighted by atomic mass is 10.00. The molecule has 1 N–H and O–H groups in total. The van der Waals surface area contributed by atoms with Crippen LogP contribution in [0.15, 0.2) is 35.9 Å². The molecule has 0 spiro atoms. The van der Waals surface area contributed by atoms with Crippen LogP contribution in [-0.2, 0) is 54.1 Å². The summed E-state index contributed by atoms with van der Waals surface area (Å²) in [5.74, 6) is -3.01. The minimum absolute atomic E-state index is 0.0178. The lowest BCUT2D eigenvalue weighted by molar-refractivity contribution is -0.143. The van der Waals surface area contributed by atoms with Gasteiger partial charge in [0, 0.05) is 17.7 Å². The van der Waals surface area contributed by atoms with Gasteiger partial charge in [-0.2, -0.15) is 0 Å². The third kappa shape index (κ3) is 16.1. The van der Waals surface area contributed by atoms with Crippen molar-refractivity contribution in [1.82, 2.24) is 5.32 Å². The van der Waals surface area contributed by atoms with Crippen LogP contribution < -0.4 is 5.32 Å². The Morgan fingerprint density at radius 2 is 1.27 bits per heavy atom. The maximum absolute atomic E-state index is 12.5. The summed E-state index contributed by atoms with van der Waals surface area (Å²) >= 11 is 0. The van der Waals surface area contributed by atoms with Gasteiger partial charge in [0.25, 0.3) is 0 Å². The van der Waals surface area contributed by atoms with Crippen LogP contribution in [0.1, 0.15) is 75.9 Å². The molecule has 0 aromatic heterocycles. The molecule has 244 valence electrons. The van der Waals surface area contributed by atoms with E-state index in [-0.39, 0.29) is 36.1 Å². The highest BCUT2D eigenvalue weighted by Gasteiger charge is 2.21. The molecule has 1 aromatic carbocycles. The number of carbonyl (C=O) groups excluding carboxylic acids is 6. The number of alkyl carbamates (subject to hydrolysis) is 1. The number of carbonyl (C=O) groups is 6. The van der Waals surface area contributed by atoms with Crippen molar-refractivity contribution in [3.63, 3.8) is 0 Å². The molecule has 1 amide bonds. The van der Waals surface area contributed by atoms with E-state index in [9.17, 15) is 28.8 Å². The van der Waals surface area contributed by atoms with Crippen LogP contribution in [0.25, 0.3) is 6.08 Å². The second kappa shape index (κ2) is 18.1. The Morgan fingerprint density at radius 3 is 1.75 bits per heavy atom. The fourth-order valence-electron chi connectivity index (χ4n) is 3.03. The lowest BCUT2D eigenvalue weighted by Gasteiger charge is -2.21. The molecule has 0 radical (unpaired) electrons. The monoisotopic (exact) mass is 621 g/mol. The molecule has 44 heavy (non-hydrogen) atoms. The Balaban J connectivity index is 0.00000142. The standard InChI is InChI=1S/C24H33NO8.C7H10O4/c1-23(2,3)32-21(28)15-9-10-16(14-25-22(29)33-24(4,5)6)17(11-15)12-18(20(27)31-8)13-19(26)30-7;1-5(7(9)11-3)4-6(8)10-2/h9-12H,13-14H2,1-8H3,(H,25,29);1,4H2,2-3H3. The second-order valence-electron chi connectivity index (χ2n) is 11.0. The molecule has 0 heterocycles. The quantitative estimate of drug-likeness (QED) is 0.226. The molecule has 0 saturated carbocycles. The fourth-order valence-corrected chi connectivity index (χ4v) is 3.03. The number of nitrogens with one attached hydrogen (secondary N) is 1. The van der Waals surface area contributed by atoms with Crippen molar-refractivity contribution in [2.75, 3.05) is 28.4 Å². The average molecular weight is 622 g/mol. The summed E-state index contributed by atoms with van der Waals surface area (Å²) in [6, 6.07) is 4.69. The molecular formula is C31H43NO12. The number of hydrogen-bond donors (Lipinski definition) is 1. The summed E-state index contributed by atoms with van der Waals surface area (Å²) in [5, 5.41) is 2.64. The van der Waals surface area contributed by atoms with E-state index < -0.39 is 47.1 Å². The zero-order chi connectivity index (χ0) is 34.3. The van der Waals surface area contributed by atoms with Crippen molar-refractivity contribution in [2.24, 2.45) is 0 Å². The van der Waals surface area contributed by atoms with Crippen molar-refractivity contribution in [3.8, 4) is 0 Å². The number of amides is 1. The van der Waals surface area contributed by atoms with Gasteiger partial charge in [-0.1, -0.05) is 12.6 Å². The molecule has 0 aliphatic rings. The Bertz CT molecular complexity index is 1250. The number of ether oxygens (including phenoxy) is 6. The van der Waals surface area contributed by atoms with Crippen molar-refractivity contribution in [3.05, 3.63) is 52.6 Å². The van der Waals surface area contributed by atoms with Crippen LogP contribution in [0.5, 0.6) is 0 Å². The average Bonchev–Trinajstić information content (AvgIpc) is 2.93. The highest BCUT2D eigenvalue weighted by Crippen LogP contribution is 2.21. The van der Waals surface area contributed by atoms with Gasteiger partial charge < -0.3 is 33.7 Å². The minimum Gasteiger partial charge on any atom is -0.469 e. The third-order valence-corrected chi connectivity index (χ3v) is 5.00. The van der Waals surface area contributed by atoms with Crippen LogP contribution in [-0.4, -0.2) is 75.6 Å². The minimum atomic E-state index is -0.728. The van der Waals surface area contributed by atoms with Gasteiger partial charge in [0.05, 0.1) is 46.8 Å². The summed E-state index contributed by atoms with van der Waals surface area (Å²) in [7, 11) is 4.86. The largest absolute Gasteiger partial charge is 0.469 e. The molecular weight excluding hydrogens is 578 g/mol. The van der Waals surface area contributed by atoms with E-state index in [1.807, 2.05) is 0 Å². The van der Waals surface area contributed by atoms with E-state index in [2.05, 4.69) is 26.1 Å². The molecule has 13 heteroatoms. The lowest BCUT2D eigenvalue weighted by Crippen LogP contribution is -2.32. The van der Waals surface area contributed by atoms with Crippen molar-refractivity contribution >= 4 is 42.0 Å². The second-order valence-corrected chi connectivity index (χ2v) is 11.0. The number of rotatable bonds is 10. The van der Waals surface area contributed by atoms with Crippen LogP contribution in [0.2, 0.25) is 0 Å². The summed E-state index contributed by atoms with van der Waals surface area (Å²) < 4.78 is 28.7. The molecule has 0 fully saturated rings. The smallest absolute Gasteiger partial charge is 0.407 e. The first-order valence-corrected chi connectivity index (χ1v) is 13.3. The molecule has 1 aromatic rings. The van der Waals surface area contributed by atoms with Gasteiger partial charge in [-0.25, -0.2) is 19.2 Å². The number of benzene rings is 1. The van der Waals surface area contributed by atoms with Gasteiger partial charge in [-0.15, -0.1) is 0 Å². The Kier molecular flexibility index (Phi) is 16.2. The van der Waals surface area contributed by atoms with Gasteiger partial charge in [0.15, 0.2) is 0 Å². The number of methoxy groups -OCH3 is 4. The highest BCUT2D eigenvalue weighted by atomic mass is 16.6. The first kappa shape index (κ1) is 39.3. The first-order chi connectivity index (χ1) is 20.3. The zero-order valence-corrected chi connectivity index (χ0v) is 27.0. The van der Waals surface area contributed by atoms with Gasteiger partial charge in [-0.05, 0) is 70.9 Å². The van der Waals surface area contributed by atoms with Crippen LogP contribution in [0, 0.1) is 0 Å². The maximum atomic E-state index is 12.5. The topological polar surface area (TPSA) is 170 Å². The molecule has 0 atom stereocenters. The van der Waals surface area contributed by atoms with Gasteiger partial charge in [0.2, 0.25) is 0 Å². The molecule has 1 rings (SSSR count). The van der Waals surface area contributed by atoms with Crippen molar-refractivity contribution in [2.45, 2.75) is 72.1 Å². The Morgan fingerprint density at radius 1 is 0.750 bits per heavy atom. The van der Waals surface area contributed by atoms with Crippen LogP contribution in [0.4, 0.5) is 4.79 Å². The van der Waals surface area contributed by atoms with Gasteiger partial charge in [0.1, 0.15) is 11.2 Å². The van der Waals surface area contributed by atoms with E-state index in [4.69, 9.17) is 14.2 Å². The summed E-state index contributed by atoms with van der Waals surface area (Å²) in [6.45, 7) is 13.8. The molecule has 0 unspecified atom stereocenters. The molecule has 0 saturated heterocycles. The normalized spacial score (nSPS) is 11.1. The van der Waals surface area contributed by atoms with E-state index in [1.54, 1.807) is 53.7 Å². The Labute approximate surface area is 257 Å². The van der Waals surface area contributed by atoms with Gasteiger partial charge in [-0.3, -0.25) is 9.59 Å². The fraction of sp³-hybridized carbons (Fsp3) is 0.484. The third-order valence-electron chi connectivity index (χ3n) is 5.00. The van der Waals surface area contributed by atoms with E-state index in [0.29, 0.717) is 11.1 Å². The zero-order valence-electron chi connectivity index (χ0n) is 27.0. The number of esters is 5. The van der Waals surface area contributed by atoms with Crippen LogP contribution in [0.3, 0.4) is 0 Å². The molecule has 13 nitrogen and oxygen atoms in total. The summed E-state index contributed by atoms with van der Waals surface area (Å²) in [6.07, 6.45) is 0.335. The Hall–Kier alpha value is -4.68. The first-order valence-electron chi connectivity index (χ1n) is 13.3. The maximum Gasteiger partial charge on any atom is 0.407 e. The van der Waals surface area contributed by atoms with Crippen molar-refractivity contribution in [1.29, 1.82) is 0 Å². The summed E-state index contributed by atoms with van der Waals surface area (Å²) in [4.78, 5) is 69.8. The van der Waals surface area contributed by atoms with Gasteiger partial charge >= 0.3 is 35.9 Å². The highest BCUT2D eigenvalue weighted by molar-refractivity contribution is 5.99. The number of hydrogen-bond acceptors (Lipinski definition) is 12. The van der Waals surface area contributed by atoms with E-state index >= 15 is 0 Å². The summed E-state index contributed by atoms with van der Waals surface area (Å²) in [5.41, 5.74) is -0.0425. The molecule has 0 bridgehead atoms.